The van der Waals surface area contributed by atoms with Gasteiger partial charge in [-0.25, -0.2) is 0 Å². The molecule has 0 fully saturated rings. The molecular formula is C16H21ClN4O2. The smallest absolute Gasteiger partial charge is 0.226 e. The number of aryl methyl sites for hydroxylation is 1. The van der Waals surface area contributed by atoms with Gasteiger partial charge in [-0.3, -0.25) is 4.79 Å². The van der Waals surface area contributed by atoms with Crippen LogP contribution in [0.15, 0.2) is 28.8 Å². The molecule has 0 aliphatic heterocycles. The summed E-state index contributed by atoms with van der Waals surface area (Å²) in [6.07, 6.45) is 1.69. The number of hydrogen-bond acceptors (Lipinski definition) is 5. The summed E-state index contributed by atoms with van der Waals surface area (Å²) in [4.78, 5) is 16.0. The van der Waals surface area contributed by atoms with Crippen molar-refractivity contribution in [2.45, 2.75) is 32.2 Å². The number of nitrogens with zero attached hydrogens (tertiary/aromatic N) is 2. The van der Waals surface area contributed by atoms with Crippen LogP contribution in [-0.4, -0.2) is 35.7 Å². The van der Waals surface area contributed by atoms with Crippen molar-refractivity contribution in [2.75, 3.05) is 13.6 Å². The molecule has 2 aromatic rings. The van der Waals surface area contributed by atoms with Gasteiger partial charge in [-0.05, 0) is 44.7 Å². The first kappa shape index (κ1) is 17.4. The first-order chi connectivity index (χ1) is 11.1. The van der Waals surface area contributed by atoms with E-state index >= 15 is 0 Å². The molecule has 1 atom stereocenters. The molecule has 0 saturated carbocycles. The second-order valence-electron chi connectivity index (χ2n) is 5.37. The van der Waals surface area contributed by atoms with Crippen LogP contribution in [0.4, 0.5) is 0 Å². The van der Waals surface area contributed by atoms with E-state index < -0.39 is 0 Å². The number of benzene rings is 1. The summed E-state index contributed by atoms with van der Waals surface area (Å²) in [7, 11) is 1.87. The van der Waals surface area contributed by atoms with Gasteiger partial charge in [-0.2, -0.15) is 4.98 Å². The maximum absolute atomic E-state index is 11.7. The van der Waals surface area contributed by atoms with Crippen molar-refractivity contribution in [1.82, 2.24) is 20.8 Å². The molecule has 1 aromatic heterocycles. The van der Waals surface area contributed by atoms with Gasteiger partial charge in [0.25, 0.3) is 0 Å². The molecule has 124 valence electrons. The lowest BCUT2D eigenvalue weighted by molar-refractivity contribution is -0.121. The lowest BCUT2D eigenvalue weighted by Gasteiger charge is -2.10. The predicted molar refractivity (Wildman–Crippen MR) is 89.2 cm³/mol. The fraction of sp³-hybridized carbons (Fsp3) is 0.438. The third kappa shape index (κ3) is 5.65. The minimum Gasteiger partial charge on any atom is -0.355 e. The predicted octanol–water partition coefficient (Wildman–Crippen LogP) is 2.44. The van der Waals surface area contributed by atoms with Gasteiger partial charge in [0.15, 0.2) is 0 Å². The van der Waals surface area contributed by atoms with Gasteiger partial charge in [0.2, 0.25) is 17.6 Å². The number of carbonyl (C=O) groups is 1. The molecule has 1 amide bonds. The van der Waals surface area contributed by atoms with Crippen LogP contribution in [0.1, 0.15) is 25.7 Å². The van der Waals surface area contributed by atoms with Gasteiger partial charge in [0.05, 0.1) is 0 Å². The highest BCUT2D eigenvalue weighted by Crippen LogP contribution is 2.19. The van der Waals surface area contributed by atoms with Crippen LogP contribution < -0.4 is 10.6 Å². The first-order valence-corrected chi connectivity index (χ1v) is 7.98. The standard InChI is InChI=1S/C16H21ClN4O2/c1-11(18-2)10-19-14(22)4-3-5-15-20-16(21-23-15)12-6-8-13(17)9-7-12/h6-9,11,18H,3-5,10H2,1-2H3,(H,19,22). The van der Waals surface area contributed by atoms with Crippen molar-refractivity contribution in [1.29, 1.82) is 0 Å². The Bertz CT molecular complexity index is 627. The van der Waals surface area contributed by atoms with E-state index in [-0.39, 0.29) is 11.9 Å². The highest BCUT2D eigenvalue weighted by molar-refractivity contribution is 6.30. The van der Waals surface area contributed by atoms with E-state index in [4.69, 9.17) is 16.1 Å². The van der Waals surface area contributed by atoms with Crippen molar-refractivity contribution < 1.29 is 9.32 Å². The summed E-state index contributed by atoms with van der Waals surface area (Å²) < 4.78 is 5.21. The fourth-order valence-corrected chi connectivity index (χ4v) is 2.06. The Hall–Kier alpha value is -1.92. The average molecular weight is 337 g/mol. The molecule has 0 aliphatic carbocycles. The van der Waals surface area contributed by atoms with E-state index in [1.807, 2.05) is 26.1 Å². The van der Waals surface area contributed by atoms with Gasteiger partial charge in [0, 0.05) is 36.0 Å². The number of carbonyl (C=O) groups excluding carboxylic acids is 1. The Morgan fingerprint density at radius 3 is 2.78 bits per heavy atom. The number of nitrogens with one attached hydrogen (secondary N) is 2. The van der Waals surface area contributed by atoms with Gasteiger partial charge in [0.1, 0.15) is 0 Å². The zero-order valence-electron chi connectivity index (χ0n) is 13.3. The van der Waals surface area contributed by atoms with Crippen molar-refractivity contribution in [3.8, 4) is 11.4 Å². The maximum atomic E-state index is 11.7. The fourth-order valence-electron chi connectivity index (χ4n) is 1.93. The van der Waals surface area contributed by atoms with Crippen molar-refractivity contribution >= 4 is 17.5 Å². The molecule has 6 nitrogen and oxygen atoms in total. The number of hydrogen-bond donors (Lipinski definition) is 2. The van der Waals surface area contributed by atoms with Crippen LogP contribution in [0.2, 0.25) is 5.02 Å². The molecular weight excluding hydrogens is 316 g/mol. The summed E-state index contributed by atoms with van der Waals surface area (Å²) in [6, 6.07) is 7.50. The van der Waals surface area contributed by atoms with Crippen LogP contribution in [0.25, 0.3) is 11.4 Å². The SMILES string of the molecule is CNC(C)CNC(=O)CCCc1nc(-c2ccc(Cl)cc2)no1. The van der Waals surface area contributed by atoms with E-state index in [1.165, 1.54) is 0 Å². The first-order valence-electron chi connectivity index (χ1n) is 7.61. The molecule has 2 N–H and O–H groups in total. The van der Waals surface area contributed by atoms with Crippen LogP contribution in [0.5, 0.6) is 0 Å². The van der Waals surface area contributed by atoms with E-state index in [0.29, 0.717) is 42.5 Å². The number of aromatic nitrogens is 2. The number of halogens is 1. The van der Waals surface area contributed by atoms with Crippen molar-refractivity contribution in [2.24, 2.45) is 0 Å². The number of amides is 1. The summed E-state index contributed by atoms with van der Waals surface area (Å²) >= 11 is 5.85. The summed E-state index contributed by atoms with van der Waals surface area (Å²) in [5.41, 5.74) is 0.850. The number of likely N-dealkylation sites (N-methyl/N-ethyl adjacent to an activating group) is 1. The van der Waals surface area contributed by atoms with E-state index in [0.717, 1.165) is 5.56 Å². The molecule has 23 heavy (non-hydrogen) atoms. The zero-order chi connectivity index (χ0) is 16.7. The Kier molecular flexibility index (Phi) is 6.55. The highest BCUT2D eigenvalue weighted by atomic mass is 35.5. The van der Waals surface area contributed by atoms with Crippen LogP contribution in [-0.2, 0) is 11.2 Å². The molecule has 0 radical (unpaired) electrons. The van der Waals surface area contributed by atoms with E-state index in [1.54, 1.807) is 12.1 Å². The Morgan fingerprint density at radius 2 is 2.09 bits per heavy atom. The van der Waals surface area contributed by atoms with Gasteiger partial charge >= 0.3 is 0 Å². The van der Waals surface area contributed by atoms with E-state index in [9.17, 15) is 4.79 Å². The second-order valence-corrected chi connectivity index (χ2v) is 5.80. The summed E-state index contributed by atoms with van der Waals surface area (Å²) in [5, 5.41) is 10.6. The topological polar surface area (TPSA) is 80.0 Å². The molecule has 1 heterocycles. The largest absolute Gasteiger partial charge is 0.355 e. The Labute approximate surface area is 140 Å². The Morgan fingerprint density at radius 1 is 1.35 bits per heavy atom. The summed E-state index contributed by atoms with van der Waals surface area (Å²) in [5.74, 6) is 1.10. The number of rotatable bonds is 8. The van der Waals surface area contributed by atoms with Crippen LogP contribution in [0.3, 0.4) is 0 Å². The molecule has 0 aliphatic rings. The van der Waals surface area contributed by atoms with E-state index in [2.05, 4.69) is 20.8 Å². The normalized spacial score (nSPS) is 12.1. The van der Waals surface area contributed by atoms with Crippen molar-refractivity contribution in [3.05, 3.63) is 35.2 Å². The molecule has 0 saturated heterocycles. The zero-order valence-corrected chi connectivity index (χ0v) is 14.1. The minimum absolute atomic E-state index is 0.0320. The molecule has 0 bridgehead atoms. The van der Waals surface area contributed by atoms with Gasteiger partial charge < -0.3 is 15.2 Å². The molecule has 7 heteroatoms. The maximum Gasteiger partial charge on any atom is 0.226 e. The minimum atomic E-state index is 0.0320. The van der Waals surface area contributed by atoms with Gasteiger partial charge in [-0.1, -0.05) is 16.8 Å². The molecule has 1 unspecified atom stereocenters. The third-order valence-electron chi connectivity index (χ3n) is 3.46. The quantitative estimate of drug-likeness (QED) is 0.774. The van der Waals surface area contributed by atoms with Crippen LogP contribution >= 0.6 is 11.6 Å². The molecule has 0 spiro atoms. The van der Waals surface area contributed by atoms with Crippen molar-refractivity contribution in [3.63, 3.8) is 0 Å². The Balaban J connectivity index is 1.77. The third-order valence-corrected chi connectivity index (χ3v) is 3.72. The summed E-state index contributed by atoms with van der Waals surface area (Å²) in [6.45, 7) is 2.63. The lowest BCUT2D eigenvalue weighted by Crippen LogP contribution is -2.37. The molecule has 2 rings (SSSR count). The highest BCUT2D eigenvalue weighted by Gasteiger charge is 2.10. The monoisotopic (exact) mass is 336 g/mol. The lowest BCUT2D eigenvalue weighted by atomic mass is 10.2. The molecule has 1 aromatic carbocycles. The second kappa shape index (κ2) is 8.64. The van der Waals surface area contributed by atoms with Gasteiger partial charge in [-0.15, -0.1) is 0 Å². The average Bonchev–Trinajstić information content (AvgIpc) is 3.02. The van der Waals surface area contributed by atoms with Crippen LogP contribution in [0, 0.1) is 0 Å².